The molecule has 0 spiro atoms. The zero-order valence-electron chi connectivity index (χ0n) is 12.0. The average Bonchev–Trinajstić information content (AvgIpc) is 2.83. The van der Waals surface area contributed by atoms with Gasteiger partial charge in [-0.25, -0.2) is 9.97 Å². The summed E-state index contributed by atoms with van der Waals surface area (Å²) in [5, 5.41) is 12.0. The second-order valence-electron chi connectivity index (χ2n) is 5.09. The Bertz CT molecular complexity index is 709. The highest BCUT2D eigenvalue weighted by atomic mass is 16.2. The van der Waals surface area contributed by atoms with Crippen LogP contribution in [0.5, 0.6) is 0 Å². The maximum Gasteiger partial charge on any atom is 0.225 e. The van der Waals surface area contributed by atoms with Gasteiger partial charge in [-0.1, -0.05) is 6.07 Å². The zero-order valence-corrected chi connectivity index (χ0v) is 12.0. The Morgan fingerprint density at radius 1 is 1.36 bits per heavy atom. The van der Waals surface area contributed by atoms with Crippen LogP contribution < -0.4 is 5.32 Å². The van der Waals surface area contributed by atoms with Crippen molar-refractivity contribution in [2.45, 2.75) is 18.5 Å². The van der Waals surface area contributed by atoms with Crippen molar-refractivity contribution in [1.29, 1.82) is 5.26 Å². The molecule has 7 heteroatoms. The normalized spacial score (nSPS) is 20.7. The average molecular weight is 294 g/mol. The van der Waals surface area contributed by atoms with Gasteiger partial charge < -0.3 is 10.2 Å². The van der Waals surface area contributed by atoms with Crippen molar-refractivity contribution in [3.63, 3.8) is 0 Å². The molecule has 0 aromatic carbocycles. The molecule has 2 aromatic rings. The van der Waals surface area contributed by atoms with Gasteiger partial charge in [0, 0.05) is 25.9 Å². The van der Waals surface area contributed by atoms with Crippen molar-refractivity contribution in [2.24, 2.45) is 0 Å². The number of likely N-dealkylation sites (tertiary alicyclic amines) is 1. The Morgan fingerprint density at radius 3 is 2.86 bits per heavy atom. The van der Waals surface area contributed by atoms with Crippen molar-refractivity contribution < 1.29 is 4.79 Å². The van der Waals surface area contributed by atoms with E-state index in [-0.39, 0.29) is 23.7 Å². The number of carbonyl (C=O) groups is 1. The SMILES string of the molecule is CN1C(=O)C[C@@H](Nc2cnc(C#N)cn2)[C@@H]1c1cccnc1. The first-order valence-electron chi connectivity index (χ1n) is 6.83. The fourth-order valence-electron chi connectivity index (χ4n) is 2.66. The fourth-order valence-corrected chi connectivity index (χ4v) is 2.66. The van der Waals surface area contributed by atoms with Crippen LogP contribution in [0.25, 0.3) is 0 Å². The molecule has 0 bridgehead atoms. The monoisotopic (exact) mass is 294 g/mol. The number of carbonyl (C=O) groups excluding carboxylic acids is 1. The molecule has 3 rings (SSSR count). The molecule has 2 aromatic heterocycles. The van der Waals surface area contributed by atoms with Crippen LogP contribution in [0.3, 0.4) is 0 Å². The van der Waals surface area contributed by atoms with Crippen LogP contribution in [0.15, 0.2) is 36.9 Å². The number of hydrogen-bond acceptors (Lipinski definition) is 6. The molecular weight excluding hydrogens is 280 g/mol. The summed E-state index contributed by atoms with van der Waals surface area (Å²) < 4.78 is 0. The molecule has 3 heterocycles. The Kier molecular flexibility index (Phi) is 3.66. The Hall–Kier alpha value is -3.01. The van der Waals surface area contributed by atoms with Gasteiger partial charge in [-0.15, -0.1) is 0 Å². The molecule has 1 amide bonds. The van der Waals surface area contributed by atoms with E-state index in [1.165, 1.54) is 12.4 Å². The molecule has 0 saturated carbocycles. The van der Waals surface area contributed by atoms with Gasteiger partial charge in [-0.3, -0.25) is 9.78 Å². The van der Waals surface area contributed by atoms with E-state index in [0.29, 0.717) is 12.2 Å². The van der Waals surface area contributed by atoms with Crippen LogP contribution in [0.4, 0.5) is 5.82 Å². The number of nitrogens with one attached hydrogen (secondary N) is 1. The molecule has 0 radical (unpaired) electrons. The summed E-state index contributed by atoms with van der Waals surface area (Å²) in [5.41, 5.74) is 1.23. The molecule has 1 N–H and O–H groups in total. The maximum absolute atomic E-state index is 12.0. The summed E-state index contributed by atoms with van der Waals surface area (Å²) in [6.45, 7) is 0. The predicted molar refractivity (Wildman–Crippen MR) is 78.5 cm³/mol. The van der Waals surface area contributed by atoms with Gasteiger partial charge in [0.2, 0.25) is 5.91 Å². The van der Waals surface area contributed by atoms with Crippen molar-refractivity contribution >= 4 is 11.7 Å². The molecule has 1 fully saturated rings. The first kappa shape index (κ1) is 13.9. The third kappa shape index (κ3) is 2.59. The first-order valence-corrected chi connectivity index (χ1v) is 6.83. The van der Waals surface area contributed by atoms with Crippen LogP contribution in [-0.4, -0.2) is 38.8 Å². The second kappa shape index (κ2) is 5.77. The summed E-state index contributed by atoms with van der Waals surface area (Å²) in [5.74, 6) is 0.606. The summed E-state index contributed by atoms with van der Waals surface area (Å²) in [4.78, 5) is 26.0. The topological polar surface area (TPSA) is 94.8 Å². The van der Waals surface area contributed by atoms with E-state index in [1.807, 2.05) is 18.2 Å². The van der Waals surface area contributed by atoms with Crippen molar-refractivity contribution in [3.05, 3.63) is 48.2 Å². The number of pyridine rings is 1. The maximum atomic E-state index is 12.0. The molecular formula is C15H14N6O. The number of likely N-dealkylation sites (N-methyl/N-ethyl adjacent to an activating group) is 1. The minimum Gasteiger partial charge on any atom is -0.363 e. The van der Waals surface area contributed by atoms with Gasteiger partial charge in [0.05, 0.1) is 24.5 Å². The van der Waals surface area contributed by atoms with Crippen LogP contribution in [0.2, 0.25) is 0 Å². The smallest absolute Gasteiger partial charge is 0.225 e. The van der Waals surface area contributed by atoms with Crippen LogP contribution in [0.1, 0.15) is 23.7 Å². The molecule has 22 heavy (non-hydrogen) atoms. The minimum atomic E-state index is -0.121. The highest BCUT2D eigenvalue weighted by Crippen LogP contribution is 2.33. The van der Waals surface area contributed by atoms with Gasteiger partial charge in [0.1, 0.15) is 11.9 Å². The lowest BCUT2D eigenvalue weighted by atomic mass is 10.0. The molecule has 0 unspecified atom stereocenters. The van der Waals surface area contributed by atoms with Crippen molar-refractivity contribution in [1.82, 2.24) is 19.9 Å². The number of aromatic nitrogens is 3. The third-order valence-electron chi connectivity index (χ3n) is 3.71. The molecule has 110 valence electrons. The second-order valence-corrected chi connectivity index (χ2v) is 5.09. The van der Waals surface area contributed by atoms with Gasteiger partial charge in [0.15, 0.2) is 5.69 Å². The van der Waals surface area contributed by atoms with Gasteiger partial charge >= 0.3 is 0 Å². The Balaban J connectivity index is 1.84. The highest BCUT2D eigenvalue weighted by Gasteiger charge is 2.38. The summed E-state index contributed by atoms with van der Waals surface area (Å²) in [7, 11) is 1.78. The van der Waals surface area contributed by atoms with E-state index in [2.05, 4.69) is 20.3 Å². The van der Waals surface area contributed by atoms with Crippen molar-refractivity contribution in [2.75, 3.05) is 12.4 Å². The van der Waals surface area contributed by atoms with E-state index < -0.39 is 0 Å². The number of nitriles is 1. The number of hydrogen-bond donors (Lipinski definition) is 1. The molecule has 2 atom stereocenters. The number of amides is 1. The molecule has 1 aliphatic rings. The van der Waals surface area contributed by atoms with E-state index in [0.717, 1.165) is 5.56 Å². The Morgan fingerprint density at radius 2 is 2.23 bits per heavy atom. The van der Waals surface area contributed by atoms with E-state index in [9.17, 15) is 4.79 Å². The van der Waals surface area contributed by atoms with Crippen LogP contribution >= 0.6 is 0 Å². The Labute approximate surface area is 127 Å². The number of rotatable bonds is 3. The molecule has 1 aliphatic heterocycles. The standard InChI is InChI=1S/C15H14N6O/c1-21-14(22)5-12(15(21)10-3-2-4-17-7-10)20-13-9-18-11(6-16)8-19-13/h2-4,7-9,12,15H,5H2,1H3,(H,19,20)/t12-,15+/m1/s1. The van der Waals surface area contributed by atoms with Gasteiger partial charge in [-0.2, -0.15) is 5.26 Å². The lowest BCUT2D eigenvalue weighted by Gasteiger charge is -2.25. The quantitative estimate of drug-likeness (QED) is 0.911. The number of nitrogens with zero attached hydrogens (tertiary/aromatic N) is 5. The van der Waals surface area contributed by atoms with E-state index >= 15 is 0 Å². The van der Waals surface area contributed by atoms with Gasteiger partial charge in [0.25, 0.3) is 0 Å². The summed E-state index contributed by atoms with van der Waals surface area (Å²) in [6, 6.07) is 5.49. The molecule has 7 nitrogen and oxygen atoms in total. The lowest BCUT2D eigenvalue weighted by molar-refractivity contribution is -0.127. The van der Waals surface area contributed by atoms with Crippen molar-refractivity contribution in [3.8, 4) is 6.07 Å². The molecule has 1 saturated heterocycles. The van der Waals surface area contributed by atoms with Gasteiger partial charge in [-0.05, 0) is 11.6 Å². The predicted octanol–water partition coefficient (Wildman–Crippen LogP) is 1.13. The minimum absolute atomic E-state index is 0.0629. The summed E-state index contributed by atoms with van der Waals surface area (Å²) in [6.07, 6.45) is 6.75. The van der Waals surface area contributed by atoms with Crippen LogP contribution in [-0.2, 0) is 4.79 Å². The van der Waals surface area contributed by atoms with E-state index in [4.69, 9.17) is 5.26 Å². The highest BCUT2D eigenvalue weighted by molar-refractivity contribution is 5.80. The summed E-state index contributed by atoms with van der Waals surface area (Å²) >= 11 is 0. The molecule has 0 aliphatic carbocycles. The zero-order chi connectivity index (χ0) is 15.5. The van der Waals surface area contributed by atoms with E-state index in [1.54, 1.807) is 24.3 Å². The third-order valence-corrected chi connectivity index (χ3v) is 3.71. The van der Waals surface area contributed by atoms with Crippen LogP contribution in [0, 0.1) is 11.3 Å². The number of anilines is 1. The fraction of sp³-hybridized carbons (Fsp3) is 0.267. The largest absolute Gasteiger partial charge is 0.363 e. The first-order chi connectivity index (χ1) is 10.7. The lowest BCUT2D eigenvalue weighted by Crippen LogP contribution is -2.30.